The Morgan fingerprint density at radius 3 is 3.00 bits per heavy atom. The molecule has 0 radical (unpaired) electrons. The molecule has 0 bridgehead atoms. The second kappa shape index (κ2) is 7.83. The third kappa shape index (κ3) is 4.05. The molecule has 1 aliphatic rings. The summed E-state index contributed by atoms with van der Waals surface area (Å²) >= 11 is 0. The predicted molar refractivity (Wildman–Crippen MR) is 90.0 cm³/mol. The van der Waals surface area contributed by atoms with Crippen molar-refractivity contribution in [2.24, 2.45) is 0 Å². The largest absolute Gasteiger partial charge is 0.492 e. The number of carbonyl (C=O) groups excluding carboxylic acids is 1. The maximum Gasteiger partial charge on any atom is 0.317 e. The number of ether oxygens (including phenoxy) is 2. The molecule has 0 spiro atoms. The second-order valence-corrected chi connectivity index (χ2v) is 5.62. The van der Waals surface area contributed by atoms with Crippen molar-refractivity contribution < 1.29 is 14.3 Å². The fourth-order valence-electron chi connectivity index (χ4n) is 2.60. The molecule has 24 heavy (non-hydrogen) atoms. The van der Waals surface area contributed by atoms with Gasteiger partial charge in [0.1, 0.15) is 12.4 Å². The molecule has 1 aromatic heterocycles. The van der Waals surface area contributed by atoms with Crippen LogP contribution in [0.15, 0.2) is 30.5 Å². The molecular formula is C17H22N4O3. The van der Waals surface area contributed by atoms with E-state index in [0.29, 0.717) is 39.5 Å². The monoisotopic (exact) mass is 330 g/mol. The number of H-pyrrole nitrogens is 1. The number of hydrogen-bond acceptors (Lipinski definition) is 4. The van der Waals surface area contributed by atoms with Gasteiger partial charge < -0.3 is 19.7 Å². The number of aryl methyl sites for hydroxylation is 1. The molecular weight excluding hydrogens is 308 g/mol. The van der Waals surface area contributed by atoms with Crippen molar-refractivity contribution in [3.05, 3.63) is 36.2 Å². The summed E-state index contributed by atoms with van der Waals surface area (Å²) < 4.78 is 11.0. The molecule has 1 aliphatic heterocycles. The SMILES string of the molecule is Cc1[nH]ncc1-c1cccc(OCCNC(=O)N2CCOCC2)c1. The van der Waals surface area contributed by atoms with Gasteiger partial charge in [0, 0.05) is 24.3 Å². The highest BCUT2D eigenvalue weighted by Crippen LogP contribution is 2.25. The fraction of sp³-hybridized carbons (Fsp3) is 0.412. The lowest BCUT2D eigenvalue weighted by Gasteiger charge is -2.26. The molecule has 2 heterocycles. The van der Waals surface area contributed by atoms with E-state index in [0.717, 1.165) is 22.6 Å². The summed E-state index contributed by atoms with van der Waals surface area (Å²) in [6.07, 6.45) is 1.80. The highest BCUT2D eigenvalue weighted by Gasteiger charge is 2.15. The molecule has 2 N–H and O–H groups in total. The summed E-state index contributed by atoms with van der Waals surface area (Å²) in [5.74, 6) is 0.772. The van der Waals surface area contributed by atoms with Crippen molar-refractivity contribution in [1.82, 2.24) is 20.4 Å². The highest BCUT2D eigenvalue weighted by molar-refractivity contribution is 5.74. The molecule has 7 heteroatoms. The molecule has 0 aliphatic carbocycles. The number of nitrogens with one attached hydrogen (secondary N) is 2. The van der Waals surface area contributed by atoms with Crippen molar-refractivity contribution in [2.75, 3.05) is 39.5 Å². The smallest absolute Gasteiger partial charge is 0.317 e. The first-order valence-corrected chi connectivity index (χ1v) is 8.08. The van der Waals surface area contributed by atoms with E-state index >= 15 is 0 Å². The van der Waals surface area contributed by atoms with Gasteiger partial charge in [0.2, 0.25) is 0 Å². The van der Waals surface area contributed by atoms with Gasteiger partial charge in [-0.15, -0.1) is 0 Å². The maximum atomic E-state index is 11.9. The number of carbonyl (C=O) groups is 1. The van der Waals surface area contributed by atoms with Crippen LogP contribution in [0.3, 0.4) is 0 Å². The Bertz CT molecular complexity index is 680. The first-order chi connectivity index (χ1) is 11.7. The summed E-state index contributed by atoms with van der Waals surface area (Å²) in [7, 11) is 0. The molecule has 128 valence electrons. The van der Waals surface area contributed by atoms with E-state index in [1.54, 1.807) is 11.1 Å². The van der Waals surface area contributed by atoms with Crippen molar-refractivity contribution in [3.63, 3.8) is 0 Å². The Kier molecular flexibility index (Phi) is 5.32. The van der Waals surface area contributed by atoms with Gasteiger partial charge in [-0.05, 0) is 24.6 Å². The van der Waals surface area contributed by atoms with Crippen LogP contribution in [0.5, 0.6) is 5.75 Å². The Morgan fingerprint density at radius 1 is 1.42 bits per heavy atom. The average molecular weight is 330 g/mol. The van der Waals surface area contributed by atoms with Gasteiger partial charge in [0.15, 0.2) is 0 Å². The summed E-state index contributed by atoms with van der Waals surface area (Å²) in [6, 6.07) is 7.78. The van der Waals surface area contributed by atoms with Crippen molar-refractivity contribution in [2.45, 2.75) is 6.92 Å². The molecule has 1 saturated heterocycles. The van der Waals surface area contributed by atoms with Crippen LogP contribution in [0.25, 0.3) is 11.1 Å². The van der Waals surface area contributed by atoms with Crippen LogP contribution < -0.4 is 10.1 Å². The molecule has 1 fully saturated rings. The minimum Gasteiger partial charge on any atom is -0.492 e. The quantitative estimate of drug-likeness (QED) is 0.820. The van der Waals surface area contributed by atoms with Gasteiger partial charge in [-0.1, -0.05) is 12.1 Å². The van der Waals surface area contributed by atoms with Crippen molar-refractivity contribution in [1.29, 1.82) is 0 Å². The van der Waals surface area contributed by atoms with Gasteiger partial charge >= 0.3 is 6.03 Å². The van der Waals surface area contributed by atoms with Crippen LogP contribution in [-0.4, -0.2) is 60.6 Å². The molecule has 0 unspecified atom stereocenters. The molecule has 2 aromatic rings. The van der Waals surface area contributed by atoms with E-state index in [2.05, 4.69) is 15.5 Å². The molecule has 2 amide bonds. The van der Waals surface area contributed by atoms with Crippen LogP contribution in [0, 0.1) is 6.92 Å². The third-order valence-electron chi connectivity index (χ3n) is 3.92. The standard InChI is InChI=1S/C17H22N4O3/c1-13-16(12-19-20-13)14-3-2-4-15(11-14)24-8-5-18-17(22)21-6-9-23-10-7-21/h2-4,11-12H,5-10H2,1H3,(H,18,22)(H,19,20). The van der Waals surface area contributed by atoms with Crippen LogP contribution >= 0.6 is 0 Å². The van der Waals surface area contributed by atoms with E-state index in [-0.39, 0.29) is 6.03 Å². The van der Waals surface area contributed by atoms with E-state index in [1.807, 2.05) is 31.2 Å². The number of aromatic nitrogens is 2. The zero-order chi connectivity index (χ0) is 16.8. The first kappa shape index (κ1) is 16.3. The minimum absolute atomic E-state index is 0.0651. The zero-order valence-corrected chi connectivity index (χ0v) is 13.7. The van der Waals surface area contributed by atoms with Crippen LogP contribution in [0.2, 0.25) is 0 Å². The number of urea groups is 1. The van der Waals surface area contributed by atoms with Crippen LogP contribution in [0.1, 0.15) is 5.69 Å². The number of nitrogens with zero attached hydrogens (tertiary/aromatic N) is 2. The predicted octanol–water partition coefficient (Wildman–Crippen LogP) is 1.81. The molecule has 3 rings (SSSR count). The molecule has 0 saturated carbocycles. The first-order valence-electron chi connectivity index (χ1n) is 8.08. The second-order valence-electron chi connectivity index (χ2n) is 5.62. The number of hydrogen-bond donors (Lipinski definition) is 2. The number of morpholine rings is 1. The number of benzene rings is 1. The lowest BCUT2D eigenvalue weighted by molar-refractivity contribution is 0.0530. The Labute approximate surface area is 140 Å². The zero-order valence-electron chi connectivity index (χ0n) is 13.7. The Hall–Kier alpha value is -2.54. The van der Waals surface area contributed by atoms with Gasteiger partial charge in [0.25, 0.3) is 0 Å². The highest BCUT2D eigenvalue weighted by atomic mass is 16.5. The molecule has 7 nitrogen and oxygen atoms in total. The lowest BCUT2D eigenvalue weighted by atomic mass is 10.1. The van der Waals surface area contributed by atoms with E-state index in [9.17, 15) is 4.79 Å². The van der Waals surface area contributed by atoms with Crippen LogP contribution in [0.4, 0.5) is 4.79 Å². The average Bonchev–Trinajstić information content (AvgIpc) is 3.05. The van der Waals surface area contributed by atoms with Crippen molar-refractivity contribution in [3.8, 4) is 16.9 Å². The Morgan fingerprint density at radius 2 is 2.25 bits per heavy atom. The summed E-state index contributed by atoms with van der Waals surface area (Å²) in [5.41, 5.74) is 3.13. The van der Waals surface area contributed by atoms with E-state index in [4.69, 9.17) is 9.47 Å². The maximum absolute atomic E-state index is 11.9. The fourth-order valence-corrected chi connectivity index (χ4v) is 2.60. The summed E-state index contributed by atoms with van der Waals surface area (Å²) in [4.78, 5) is 13.7. The molecule has 1 aromatic carbocycles. The van der Waals surface area contributed by atoms with Crippen LogP contribution in [-0.2, 0) is 4.74 Å². The van der Waals surface area contributed by atoms with E-state index in [1.165, 1.54) is 0 Å². The summed E-state index contributed by atoms with van der Waals surface area (Å²) in [5, 5.41) is 9.84. The molecule has 0 atom stereocenters. The Balaban J connectivity index is 1.47. The number of amides is 2. The van der Waals surface area contributed by atoms with Gasteiger partial charge in [-0.3, -0.25) is 5.10 Å². The van der Waals surface area contributed by atoms with E-state index < -0.39 is 0 Å². The lowest BCUT2D eigenvalue weighted by Crippen LogP contribution is -2.47. The van der Waals surface area contributed by atoms with Gasteiger partial charge in [0.05, 0.1) is 26.0 Å². The van der Waals surface area contributed by atoms with Crippen molar-refractivity contribution >= 4 is 6.03 Å². The van der Waals surface area contributed by atoms with Gasteiger partial charge in [-0.2, -0.15) is 5.10 Å². The number of rotatable bonds is 5. The summed E-state index contributed by atoms with van der Waals surface area (Å²) in [6.45, 7) is 5.35. The topological polar surface area (TPSA) is 79.5 Å². The normalized spacial score (nSPS) is 14.5. The minimum atomic E-state index is -0.0651. The third-order valence-corrected chi connectivity index (χ3v) is 3.92. The number of aromatic amines is 1. The van der Waals surface area contributed by atoms with Gasteiger partial charge in [-0.25, -0.2) is 4.79 Å².